The van der Waals surface area contributed by atoms with Crippen LogP contribution < -0.4 is 11.1 Å². The van der Waals surface area contributed by atoms with Gasteiger partial charge >= 0.3 is 5.97 Å². The minimum absolute atomic E-state index is 0.0779. The molecule has 8 amide bonds. The fourth-order valence-electron chi connectivity index (χ4n) is 10.1. The summed E-state index contributed by atoms with van der Waals surface area (Å²) >= 11 is 0. The lowest BCUT2D eigenvalue weighted by Gasteiger charge is -2.41. The Morgan fingerprint density at radius 1 is 0.679 bits per heavy atom. The largest absolute Gasteiger partial charge is 0.461 e. The zero-order valence-corrected chi connectivity index (χ0v) is 49.2. The van der Waals surface area contributed by atoms with Gasteiger partial charge in [0.2, 0.25) is 47.3 Å². The van der Waals surface area contributed by atoms with E-state index in [9.17, 15) is 33.6 Å². The molecule has 2 heterocycles. The number of allylic oxidation sites excluding steroid dienone is 4. The lowest BCUT2D eigenvalue weighted by atomic mass is 9.95. The number of ether oxygens (including phenoxy) is 2. The predicted octanol–water partition coefficient (Wildman–Crippen LogP) is 5.06. The molecule has 434 valence electrons. The van der Waals surface area contributed by atoms with E-state index in [-0.39, 0.29) is 31.4 Å². The van der Waals surface area contributed by atoms with Gasteiger partial charge in [0.15, 0.2) is 0 Å². The maximum Gasteiger partial charge on any atom is 0.328 e. The number of hydrogen-bond acceptors (Lipinski definition) is 11. The number of nitrogens with zero attached hydrogens (tertiary/aromatic N) is 6. The van der Waals surface area contributed by atoms with Crippen molar-refractivity contribution in [2.24, 2.45) is 23.5 Å². The van der Waals surface area contributed by atoms with Gasteiger partial charge in [-0.2, -0.15) is 0 Å². The number of carbonyl (C=O) groups is 9. The summed E-state index contributed by atoms with van der Waals surface area (Å²) in [4.78, 5) is 136. The highest BCUT2D eigenvalue weighted by Crippen LogP contribution is 2.27. The smallest absolute Gasteiger partial charge is 0.328 e. The number of rotatable bonds is 8. The molecule has 19 nitrogen and oxygen atoms in total. The molecule has 1 fully saturated rings. The Morgan fingerprint density at radius 3 is 1.85 bits per heavy atom. The Morgan fingerprint density at radius 2 is 1.26 bits per heavy atom. The highest BCUT2D eigenvalue weighted by molar-refractivity contribution is 6.00. The molecule has 9 atom stereocenters. The van der Waals surface area contributed by atoms with Gasteiger partial charge in [-0.3, -0.25) is 38.4 Å². The zero-order chi connectivity index (χ0) is 58.7. The van der Waals surface area contributed by atoms with Crippen LogP contribution in [0.15, 0.2) is 66.3 Å². The summed E-state index contributed by atoms with van der Waals surface area (Å²) in [6, 6.07) is 1.20. The molecule has 0 aromatic heterocycles. The van der Waals surface area contributed by atoms with Crippen LogP contribution in [-0.2, 0) is 59.0 Å². The molecule has 1 aromatic carbocycles. The number of esters is 1. The van der Waals surface area contributed by atoms with E-state index in [4.69, 9.17) is 15.2 Å². The molecule has 1 aromatic rings. The molecule has 3 rings (SSSR count). The monoisotopic (exact) mass is 1090 g/mol. The third-order valence-corrected chi connectivity index (χ3v) is 15.2. The molecule has 0 radical (unpaired) electrons. The third-order valence-electron chi connectivity index (χ3n) is 15.2. The van der Waals surface area contributed by atoms with Crippen molar-refractivity contribution in [1.29, 1.82) is 0 Å². The van der Waals surface area contributed by atoms with Crippen molar-refractivity contribution in [3.8, 4) is 0 Å². The molecule has 3 N–H and O–H groups in total. The number of benzene rings is 1. The van der Waals surface area contributed by atoms with Gasteiger partial charge in [0, 0.05) is 60.9 Å². The summed E-state index contributed by atoms with van der Waals surface area (Å²) in [5.74, 6) is -6.80. The van der Waals surface area contributed by atoms with Crippen LogP contribution >= 0.6 is 0 Å². The molecular weight excluding hydrogens is 997 g/mol. The van der Waals surface area contributed by atoms with Gasteiger partial charge in [0.25, 0.3) is 0 Å². The lowest BCUT2D eigenvalue weighted by molar-refractivity contribution is -0.160. The van der Waals surface area contributed by atoms with Crippen LogP contribution in [0.1, 0.15) is 126 Å². The highest BCUT2D eigenvalue weighted by atomic mass is 16.5. The Kier molecular flexibility index (Phi) is 26.4. The van der Waals surface area contributed by atoms with Crippen molar-refractivity contribution in [2.45, 2.75) is 181 Å². The summed E-state index contributed by atoms with van der Waals surface area (Å²) < 4.78 is 11.4. The van der Waals surface area contributed by atoms with Gasteiger partial charge < -0.3 is 49.9 Å². The topological polar surface area (TPSA) is 230 Å². The van der Waals surface area contributed by atoms with E-state index in [0.29, 0.717) is 24.8 Å². The number of carbonyl (C=O) groups excluding carboxylic acids is 9. The van der Waals surface area contributed by atoms with Gasteiger partial charge in [-0.1, -0.05) is 102 Å². The van der Waals surface area contributed by atoms with Crippen LogP contribution in [0.3, 0.4) is 0 Å². The van der Waals surface area contributed by atoms with Crippen LogP contribution in [0, 0.1) is 17.8 Å². The van der Waals surface area contributed by atoms with Crippen molar-refractivity contribution in [3.05, 3.63) is 71.8 Å². The van der Waals surface area contributed by atoms with Crippen molar-refractivity contribution in [2.75, 3.05) is 48.9 Å². The zero-order valence-electron chi connectivity index (χ0n) is 49.2. The first-order valence-electron chi connectivity index (χ1n) is 27.7. The molecule has 0 aliphatic carbocycles. The number of methoxy groups -OCH3 is 1. The van der Waals surface area contributed by atoms with Crippen LogP contribution in [0.2, 0.25) is 0 Å². The summed E-state index contributed by atoms with van der Waals surface area (Å²) in [7, 11) is 8.92. The molecule has 0 saturated carbocycles. The maximum atomic E-state index is 15.1. The van der Waals surface area contributed by atoms with E-state index in [1.807, 2.05) is 50.3 Å². The lowest BCUT2D eigenvalue weighted by Crippen LogP contribution is -2.62. The number of primary amides is 1. The van der Waals surface area contributed by atoms with E-state index in [1.165, 1.54) is 61.8 Å². The average molecular weight is 1090 g/mol. The minimum atomic E-state index is -1.42. The first kappa shape index (κ1) is 65.9. The molecule has 0 bridgehead atoms. The summed E-state index contributed by atoms with van der Waals surface area (Å²) in [6.07, 6.45) is 13.3. The molecule has 0 spiro atoms. The summed E-state index contributed by atoms with van der Waals surface area (Å²) in [6.45, 7) is 15.8. The van der Waals surface area contributed by atoms with Gasteiger partial charge in [-0.15, -0.1) is 0 Å². The van der Waals surface area contributed by atoms with Crippen molar-refractivity contribution >= 4 is 53.2 Å². The van der Waals surface area contributed by atoms with E-state index < -0.39 is 120 Å². The van der Waals surface area contributed by atoms with Crippen LogP contribution in [0.4, 0.5) is 0 Å². The number of nitrogens with one attached hydrogen (secondary N) is 1. The van der Waals surface area contributed by atoms with E-state index in [1.54, 1.807) is 60.8 Å². The fourth-order valence-corrected chi connectivity index (χ4v) is 10.1. The van der Waals surface area contributed by atoms with E-state index in [0.717, 1.165) is 41.0 Å². The second-order valence-corrected chi connectivity index (χ2v) is 22.2. The Bertz CT molecular complexity index is 2320. The van der Waals surface area contributed by atoms with E-state index in [2.05, 4.69) is 17.5 Å². The number of hydrogen-bond donors (Lipinski definition) is 2. The SMILES string of the molecule is COC1CC=CC=C(C)C(=O)NC(C(C)C)C(=O)N(C)C(Cc2ccccc2)C(=O)N(C)C(C(C)C)C(=O)N(C)C(C(C)C)C(=O)N2CCCC2C(=O)N(C)C(CC(N)=O)C(=O)N(C)C(C)C(=O)OC(C)CCCC=CCC1. The average Bonchev–Trinajstić information content (AvgIpc) is 3.89. The van der Waals surface area contributed by atoms with Gasteiger partial charge in [-0.25, -0.2) is 4.79 Å². The van der Waals surface area contributed by atoms with Gasteiger partial charge in [-0.05, 0) is 95.5 Å². The first-order chi connectivity index (χ1) is 36.7. The molecule has 2 aliphatic rings. The van der Waals surface area contributed by atoms with E-state index >= 15 is 9.59 Å². The quantitative estimate of drug-likeness (QED) is 0.258. The number of cyclic esters (lactones) is 1. The number of likely N-dealkylation sites (N-methyl/N-ethyl adjacent to an activating group) is 5. The summed E-state index contributed by atoms with van der Waals surface area (Å²) in [5.41, 5.74) is 6.78. The molecule has 19 heteroatoms. The molecule has 1 saturated heterocycles. The Labute approximate surface area is 464 Å². The molecule has 2 aliphatic heterocycles. The second kappa shape index (κ2) is 31.3. The molecule has 9 unspecified atom stereocenters. The standard InChI is InChI=1S/C59H92N8O11/c1-37(2)49-56(73)64(12)46(35-43-29-21-19-22-30-43)55(72)65(13)50(38(3)4)57(74)66(14)51(39(5)6)58(75)67-34-26-33-45(67)53(70)63(11)47(36-48(60)68)54(71)62(10)42(9)59(76)78-41(8)28-20-17-16-18-23-31-44(77-15)32-25-24-27-40(7)52(69)61-49/h16,18-19,21-22,24-25,27,29-30,37-39,41-42,44-47,49-51H,17,20,23,26,28,31-36H2,1-15H3,(H2,60,68)(H,61,69). The number of nitrogens with two attached hydrogens (primary N) is 1. The van der Waals surface area contributed by atoms with Crippen LogP contribution in [-0.4, -0.2) is 186 Å². The normalized spacial score (nSPS) is 26.9. The first-order valence-corrected chi connectivity index (χ1v) is 27.7. The summed E-state index contributed by atoms with van der Waals surface area (Å²) in [5, 5.41) is 2.91. The van der Waals surface area contributed by atoms with Crippen LogP contribution in [0.5, 0.6) is 0 Å². The fraction of sp³-hybridized carbons (Fsp3) is 0.644. The molecule has 78 heavy (non-hydrogen) atoms. The second-order valence-electron chi connectivity index (χ2n) is 22.2. The van der Waals surface area contributed by atoms with Crippen LogP contribution in [0.25, 0.3) is 0 Å². The minimum Gasteiger partial charge on any atom is -0.461 e. The van der Waals surface area contributed by atoms with Gasteiger partial charge in [0.1, 0.15) is 42.3 Å². The Hall–Kier alpha value is -6.37. The molecular formula is C59H92N8O11. The van der Waals surface area contributed by atoms with Crippen molar-refractivity contribution in [3.63, 3.8) is 0 Å². The highest BCUT2D eigenvalue weighted by Gasteiger charge is 2.46. The van der Waals surface area contributed by atoms with Crippen molar-refractivity contribution in [1.82, 2.24) is 34.7 Å². The Balaban J connectivity index is 2.11. The van der Waals surface area contributed by atoms with Crippen molar-refractivity contribution < 1.29 is 52.6 Å². The van der Waals surface area contributed by atoms with Gasteiger partial charge in [0.05, 0.1) is 18.6 Å². The maximum absolute atomic E-state index is 15.1. The number of amides is 8. The predicted molar refractivity (Wildman–Crippen MR) is 300 cm³/mol. The number of fused-ring (bicyclic) bond motifs is 1. The third kappa shape index (κ3) is 18.1.